The van der Waals surface area contributed by atoms with E-state index >= 15 is 0 Å². The second-order valence-corrected chi connectivity index (χ2v) is 5.55. The average Bonchev–Trinajstić information content (AvgIpc) is 2.30. The van der Waals surface area contributed by atoms with Gasteiger partial charge in [0.1, 0.15) is 4.90 Å². The topological polar surface area (TPSA) is 69.7 Å². The van der Waals surface area contributed by atoms with Crippen LogP contribution in [-0.4, -0.2) is 34.2 Å². The minimum Gasteiger partial charge on any atom is -0.489 e. The van der Waals surface area contributed by atoms with Crippen LogP contribution in [0.1, 0.15) is 24.2 Å². The molecule has 0 amide bonds. The molecule has 0 heterocycles. The zero-order valence-corrected chi connectivity index (χ0v) is 11.4. The predicted molar refractivity (Wildman–Crippen MR) is 67.3 cm³/mol. The summed E-state index contributed by atoms with van der Waals surface area (Å²) in [5.41, 5.74) is 0.271. The summed E-state index contributed by atoms with van der Waals surface area (Å²) in [6.45, 7) is 4.08. The summed E-state index contributed by atoms with van der Waals surface area (Å²) in [4.78, 5) is 11.0. The Balaban J connectivity index is 3.56. The summed E-state index contributed by atoms with van der Waals surface area (Å²) < 4.78 is 34.0. The molecule has 6 heteroatoms. The molecule has 0 bridgehead atoms. The molecule has 0 saturated carbocycles. The van der Waals surface area contributed by atoms with E-state index in [0.717, 1.165) is 6.26 Å². The van der Waals surface area contributed by atoms with E-state index in [1.165, 1.54) is 12.1 Å². The molecular weight excluding hydrogens is 256 g/mol. The average molecular weight is 272 g/mol. The van der Waals surface area contributed by atoms with E-state index in [4.69, 9.17) is 9.47 Å². The van der Waals surface area contributed by atoms with E-state index in [-0.39, 0.29) is 28.6 Å². The first kappa shape index (κ1) is 14.5. The summed E-state index contributed by atoms with van der Waals surface area (Å²) in [5.74, 6) is 0.281. The van der Waals surface area contributed by atoms with Crippen LogP contribution in [0.25, 0.3) is 0 Å². The molecule has 0 N–H and O–H groups in total. The molecule has 100 valence electrons. The van der Waals surface area contributed by atoms with Crippen LogP contribution in [0.5, 0.6) is 11.5 Å². The van der Waals surface area contributed by atoms with Crippen molar-refractivity contribution in [2.45, 2.75) is 18.7 Å². The van der Waals surface area contributed by atoms with Gasteiger partial charge in [-0.15, -0.1) is 0 Å². The Kier molecular flexibility index (Phi) is 4.72. The number of carbonyl (C=O) groups excluding carboxylic acids is 1. The van der Waals surface area contributed by atoms with Crippen LogP contribution in [-0.2, 0) is 9.84 Å². The van der Waals surface area contributed by atoms with Crippen LogP contribution >= 0.6 is 0 Å². The van der Waals surface area contributed by atoms with Crippen molar-refractivity contribution in [2.75, 3.05) is 19.5 Å². The molecule has 18 heavy (non-hydrogen) atoms. The van der Waals surface area contributed by atoms with E-state index < -0.39 is 9.84 Å². The molecule has 1 aromatic rings. The highest BCUT2D eigenvalue weighted by molar-refractivity contribution is 7.90. The molecule has 0 aromatic heterocycles. The number of carbonyl (C=O) groups is 1. The van der Waals surface area contributed by atoms with E-state index in [1.807, 2.05) is 0 Å². The van der Waals surface area contributed by atoms with E-state index in [1.54, 1.807) is 13.8 Å². The number of rotatable bonds is 6. The quantitative estimate of drug-likeness (QED) is 0.737. The number of aldehydes is 1. The monoisotopic (exact) mass is 272 g/mol. The Morgan fingerprint density at radius 1 is 1.11 bits per heavy atom. The molecule has 0 unspecified atom stereocenters. The second-order valence-electron chi connectivity index (χ2n) is 3.57. The van der Waals surface area contributed by atoms with Gasteiger partial charge in [-0.25, -0.2) is 8.42 Å². The maximum absolute atomic E-state index is 11.7. The van der Waals surface area contributed by atoms with E-state index in [0.29, 0.717) is 12.9 Å². The van der Waals surface area contributed by atoms with Gasteiger partial charge in [-0.1, -0.05) is 0 Å². The van der Waals surface area contributed by atoms with Gasteiger partial charge in [0.25, 0.3) is 0 Å². The molecule has 0 aliphatic heterocycles. The van der Waals surface area contributed by atoms with Crippen molar-refractivity contribution >= 4 is 16.1 Å². The summed E-state index contributed by atoms with van der Waals surface area (Å²) in [6, 6.07) is 2.77. The Bertz CT molecular complexity index is 534. The fourth-order valence-electron chi connectivity index (χ4n) is 1.52. The fraction of sp³-hybridized carbons (Fsp3) is 0.417. The van der Waals surface area contributed by atoms with Gasteiger partial charge in [-0.3, -0.25) is 4.79 Å². The van der Waals surface area contributed by atoms with Gasteiger partial charge in [0.05, 0.1) is 18.8 Å². The van der Waals surface area contributed by atoms with Gasteiger partial charge in [-0.05, 0) is 26.0 Å². The van der Waals surface area contributed by atoms with Crippen LogP contribution in [0.3, 0.4) is 0 Å². The van der Waals surface area contributed by atoms with Crippen molar-refractivity contribution in [2.24, 2.45) is 0 Å². The first-order valence-corrected chi connectivity index (χ1v) is 7.42. The van der Waals surface area contributed by atoms with Gasteiger partial charge in [0, 0.05) is 6.26 Å². The molecule has 0 spiro atoms. The number of ether oxygens (including phenoxy) is 2. The van der Waals surface area contributed by atoms with Crippen LogP contribution in [0.15, 0.2) is 17.0 Å². The third-order valence-corrected chi connectivity index (χ3v) is 3.33. The van der Waals surface area contributed by atoms with Gasteiger partial charge in [-0.2, -0.15) is 0 Å². The molecule has 0 radical (unpaired) electrons. The number of sulfone groups is 1. The van der Waals surface area contributed by atoms with Gasteiger partial charge in [0.15, 0.2) is 27.6 Å². The van der Waals surface area contributed by atoms with Crippen LogP contribution in [0.4, 0.5) is 0 Å². The molecule has 0 fully saturated rings. The van der Waals surface area contributed by atoms with Gasteiger partial charge in [0.2, 0.25) is 0 Å². The van der Waals surface area contributed by atoms with E-state index in [9.17, 15) is 13.2 Å². The van der Waals surface area contributed by atoms with E-state index in [2.05, 4.69) is 0 Å². The lowest BCUT2D eigenvalue weighted by atomic mass is 10.2. The smallest absolute Gasteiger partial charge is 0.180 e. The maximum atomic E-state index is 11.7. The number of hydrogen-bond donors (Lipinski definition) is 0. The SMILES string of the molecule is CCOc1c(C=O)ccc(S(C)(=O)=O)c1OCC. The third kappa shape index (κ3) is 3.01. The Morgan fingerprint density at radius 3 is 2.11 bits per heavy atom. The lowest BCUT2D eigenvalue weighted by Gasteiger charge is -2.15. The molecule has 0 atom stereocenters. The standard InChI is InChI=1S/C12H16O5S/c1-4-16-11-9(8-13)6-7-10(18(3,14)15)12(11)17-5-2/h6-8H,4-5H2,1-3H3. The summed E-state index contributed by atoms with van der Waals surface area (Å²) >= 11 is 0. The lowest BCUT2D eigenvalue weighted by Crippen LogP contribution is -2.07. The highest BCUT2D eigenvalue weighted by atomic mass is 32.2. The fourth-order valence-corrected chi connectivity index (χ4v) is 2.32. The van der Waals surface area contributed by atoms with Crippen molar-refractivity contribution in [1.29, 1.82) is 0 Å². The molecule has 0 aliphatic carbocycles. The van der Waals surface area contributed by atoms with Crippen LogP contribution < -0.4 is 9.47 Å². The zero-order chi connectivity index (χ0) is 13.8. The molecular formula is C12H16O5S. The van der Waals surface area contributed by atoms with Crippen molar-refractivity contribution in [3.8, 4) is 11.5 Å². The molecule has 5 nitrogen and oxygen atoms in total. The first-order valence-electron chi connectivity index (χ1n) is 5.53. The number of benzene rings is 1. The predicted octanol–water partition coefficient (Wildman–Crippen LogP) is 1.70. The molecule has 1 aromatic carbocycles. The minimum atomic E-state index is -3.44. The Morgan fingerprint density at radius 2 is 1.67 bits per heavy atom. The Labute approximate surface area is 107 Å². The minimum absolute atomic E-state index is 0.0263. The first-order chi connectivity index (χ1) is 8.45. The summed E-state index contributed by atoms with van der Waals surface area (Å²) in [5, 5.41) is 0. The van der Waals surface area contributed by atoms with Crippen LogP contribution in [0, 0.1) is 0 Å². The lowest BCUT2D eigenvalue weighted by molar-refractivity contribution is 0.111. The second kappa shape index (κ2) is 5.86. The van der Waals surface area contributed by atoms with Crippen molar-refractivity contribution in [3.05, 3.63) is 17.7 Å². The molecule has 0 aliphatic rings. The van der Waals surface area contributed by atoms with Crippen molar-refractivity contribution < 1.29 is 22.7 Å². The molecule has 1 rings (SSSR count). The normalized spacial score (nSPS) is 11.1. The van der Waals surface area contributed by atoms with Gasteiger partial charge < -0.3 is 9.47 Å². The highest BCUT2D eigenvalue weighted by Crippen LogP contribution is 2.37. The summed E-state index contributed by atoms with van der Waals surface area (Å²) in [7, 11) is -3.44. The van der Waals surface area contributed by atoms with Crippen molar-refractivity contribution in [1.82, 2.24) is 0 Å². The Hall–Kier alpha value is -1.56. The summed E-state index contributed by atoms with van der Waals surface area (Å²) in [6.07, 6.45) is 1.70. The number of hydrogen-bond acceptors (Lipinski definition) is 5. The highest BCUT2D eigenvalue weighted by Gasteiger charge is 2.21. The largest absolute Gasteiger partial charge is 0.489 e. The maximum Gasteiger partial charge on any atom is 0.180 e. The van der Waals surface area contributed by atoms with Gasteiger partial charge >= 0.3 is 0 Å². The van der Waals surface area contributed by atoms with Crippen molar-refractivity contribution in [3.63, 3.8) is 0 Å². The third-order valence-electron chi connectivity index (χ3n) is 2.21. The zero-order valence-electron chi connectivity index (χ0n) is 10.6. The van der Waals surface area contributed by atoms with Crippen LogP contribution in [0.2, 0.25) is 0 Å². The molecule has 0 saturated heterocycles.